The summed E-state index contributed by atoms with van der Waals surface area (Å²) in [4.78, 5) is 23.7. The number of nitrogens with one attached hydrogen (secondary N) is 2. The second-order valence-corrected chi connectivity index (χ2v) is 6.13. The Morgan fingerprint density at radius 2 is 1.96 bits per heavy atom. The molecule has 0 aliphatic heterocycles. The lowest BCUT2D eigenvalue weighted by Gasteiger charge is -2.11. The number of hydrazine groups is 1. The van der Waals surface area contributed by atoms with Crippen LogP contribution in [0.4, 0.5) is 0 Å². The predicted octanol–water partition coefficient (Wildman–Crippen LogP) is 2.24. The van der Waals surface area contributed by atoms with E-state index in [1.807, 2.05) is 32.0 Å². The van der Waals surface area contributed by atoms with Gasteiger partial charge in [0.15, 0.2) is 6.61 Å². The summed E-state index contributed by atoms with van der Waals surface area (Å²) >= 11 is 3.29. The molecule has 1 aromatic carbocycles. The van der Waals surface area contributed by atoms with Gasteiger partial charge in [-0.25, -0.2) is 0 Å². The minimum Gasteiger partial charge on any atom is -0.483 e. The minimum atomic E-state index is -0.437. The molecular weight excluding hydrogens is 362 g/mol. The molecule has 6 nitrogen and oxygen atoms in total. The fourth-order valence-corrected chi connectivity index (χ4v) is 2.51. The lowest BCUT2D eigenvalue weighted by Crippen LogP contribution is -2.44. The number of hydrogen-bond acceptors (Lipinski definition) is 3. The van der Waals surface area contributed by atoms with Gasteiger partial charge in [-0.05, 0) is 53.0 Å². The Labute approximate surface area is 142 Å². The van der Waals surface area contributed by atoms with Crippen LogP contribution in [-0.4, -0.2) is 23.0 Å². The molecular formula is C16H18BrN3O3. The van der Waals surface area contributed by atoms with Crippen LogP contribution in [0.15, 0.2) is 34.9 Å². The van der Waals surface area contributed by atoms with Gasteiger partial charge in [0.1, 0.15) is 11.4 Å². The third-order valence-electron chi connectivity index (χ3n) is 3.22. The maximum absolute atomic E-state index is 11.9. The fourth-order valence-electron chi connectivity index (χ4n) is 1.98. The van der Waals surface area contributed by atoms with Crippen LogP contribution in [-0.2, 0) is 11.8 Å². The van der Waals surface area contributed by atoms with E-state index in [2.05, 4.69) is 26.8 Å². The molecule has 0 fully saturated rings. The summed E-state index contributed by atoms with van der Waals surface area (Å²) in [6.07, 6.45) is 1.75. The molecule has 0 spiro atoms. The SMILES string of the molecule is Cc1ccc(C)c(OCC(=O)NNC(=O)c2cc(Br)cn2C)c1. The summed E-state index contributed by atoms with van der Waals surface area (Å²) in [6, 6.07) is 7.43. The molecule has 1 heterocycles. The second kappa shape index (κ2) is 7.32. The molecule has 23 heavy (non-hydrogen) atoms. The molecule has 2 amide bonds. The van der Waals surface area contributed by atoms with E-state index >= 15 is 0 Å². The highest BCUT2D eigenvalue weighted by Gasteiger charge is 2.12. The van der Waals surface area contributed by atoms with Crippen molar-refractivity contribution in [3.8, 4) is 5.75 Å². The smallest absolute Gasteiger partial charge is 0.286 e. The summed E-state index contributed by atoms with van der Waals surface area (Å²) in [5, 5.41) is 0. The van der Waals surface area contributed by atoms with E-state index in [-0.39, 0.29) is 6.61 Å². The number of nitrogens with zero attached hydrogens (tertiary/aromatic N) is 1. The third-order valence-corrected chi connectivity index (χ3v) is 3.66. The first-order chi connectivity index (χ1) is 10.9. The molecule has 0 saturated heterocycles. The summed E-state index contributed by atoms with van der Waals surface area (Å²) < 4.78 is 7.91. The average Bonchev–Trinajstić information content (AvgIpc) is 2.84. The van der Waals surface area contributed by atoms with Crippen LogP contribution < -0.4 is 15.6 Å². The summed E-state index contributed by atoms with van der Waals surface area (Å²) in [6.45, 7) is 3.67. The third kappa shape index (κ3) is 4.59. The largest absolute Gasteiger partial charge is 0.483 e. The Morgan fingerprint density at radius 3 is 2.61 bits per heavy atom. The summed E-state index contributed by atoms with van der Waals surface area (Å²) in [5.74, 6) is -0.191. The van der Waals surface area contributed by atoms with E-state index in [9.17, 15) is 9.59 Å². The predicted molar refractivity (Wildman–Crippen MR) is 90.1 cm³/mol. The Balaban J connectivity index is 1.84. The Kier molecular flexibility index (Phi) is 5.44. The molecule has 0 aliphatic carbocycles. The van der Waals surface area contributed by atoms with Crippen LogP contribution in [0.1, 0.15) is 21.6 Å². The fraction of sp³-hybridized carbons (Fsp3) is 0.250. The maximum Gasteiger partial charge on any atom is 0.286 e. The maximum atomic E-state index is 11.9. The van der Waals surface area contributed by atoms with Gasteiger partial charge in [-0.1, -0.05) is 12.1 Å². The van der Waals surface area contributed by atoms with Crippen molar-refractivity contribution in [3.63, 3.8) is 0 Å². The van der Waals surface area contributed by atoms with Crippen molar-refractivity contribution in [3.05, 3.63) is 51.8 Å². The lowest BCUT2D eigenvalue weighted by atomic mass is 10.1. The first-order valence-electron chi connectivity index (χ1n) is 6.98. The van der Waals surface area contributed by atoms with E-state index in [1.54, 1.807) is 23.9 Å². The van der Waals surface area contributed by atoms with E-state index in [0.29, 0.717) is 11.4 Å². The van der Waals surface area contributed by atoms with Crippen LogP contribution in [0.5, 0.6) is 5.75 Å². The molecule has 0 unspecified atom stereocenters. The van der Waals surface area contributed by atoms with Crippen LogP contribution >= 0.6 is 15.9 Å². The molecule has 0 saturated carbocycles. The normalized spacial score (nSPS) is 10.3. The highest BCUT2D eigenvalue weighted by atomic mass is 79.9. The van der Waals surface area contributed by atoms with Gasteiger partial charge in [-0.15, -0.1) is 0 Å². The van der Waals surface area contributed by atoms with Gasteiger partial charge in [-0.2, -0.15) is 0 Å². The molecule has 2 aromatic rings. The molecule has 0 radical (unpaired) electrons. The Morgan fingerprint density at radius 1 is 1.22 bits per heavy atom. The van der Waals surface area contributed by atoms with Gasteiger partial charge < -0.3 is 9.30 Å². The number of aryl methyl sites for hydroxylation is 3. The van der Waals surface area contributed by atoms with E-state index < -0.39 is 11.8 Å². The molecule has 122 valence electrons. The number of hydrogen-bond donors (Lipinski definition) is 2. The number of benzene rings is 1. The monoisotopic (exact) mass is 379 g/mol. The highest BCUT2D eigenvalue weighted by molar-refractivity contribution is 9.10. The van der Waals surface area contributed by atoms with Crippen LogP contribution in [0.25, 0.3) is 0 Å². The van der Waals surface area contributed by atoms with Crippen LogP contribution in [0.2, 0.25) is 0 Å². The van der Waals surface area contributed by atoms with Crippen molar-refractivity contribution in [2.45, 2.75) is 13.8 Å². The summed E-state index contributed by atoms with van der Waals surface area (Å²) in [7, 11) is 1.74. The lowest BCUT2D eigenvalue weighted by molar-refractivity contribution is -0.123. The van der Waals surface area contributed by atoms with Gasteiger partial charge in [0.25, 0.3) is 11.8 Å². The number of aromatic nitrogens is 1. The number of rotatable bonds is 4. The number of carbonyl (C=O) groups is 2. The van der Waals surface area contributed by atoms with Gasteiger partial charge >= 0.3 is 0 Å². The second-order valence-electron chi connectivity index (χ2n) is 5.21. The quantitative estimate of drug-likeness (QED) is 0.800. The van der Waals surface area contributed by atoms with Crippen molar-refractivity contribution in [2.24, 2.45) is 7.05 Å². The number of halogens is 1. The van der Waals surface area contributed by atoms with Crippen LogP contribution in [0.3, 0.4) is 0 Å². The molecule has 7 heteroatoms. The molecule has 1 aromatic heterocycles. The first-order valence-corrected chi connectivity index (χ1v) is 7.77. The van der Waals surface area contributed by atoms with E-state index in [1.165, 1.54) is 0 Å². The van der Waals surface area contributed by atoms with Crippen molar-refractivity contribution < 1.29 is 14.3 Å². The first kappa shape index (κ1) is 17.1. The van der Waals surface area contributed by atoms with Gasteiger partial charge in [0.05, 0.1) is 0 Å². The molecule has 0 aliphatic rings. The molecule has 0 atom stereocenters. The van der Waals surface area contributed by atoms with Crippen molar-refractivity contribution in [1.82, 2.24) is 15.4 Å². The zero-order valence-corrected chi connectivity index (χ0v) is 14.7. The van der Waals surface area contributed by atoms with Gasteiger partial charge in [-0.3, -0.25) is 20.4 Å². The number of amides is 2. The molecule has 2 rings (SSSR count). The number of carbonyl (C=O) groups excluding carboxylic acids is 2. The van der Waals surface area contributed by atoms with E-state index in [0.717, 1.165) is 15.6 Å². The number of ether oxygens (including phenoxy) is 1. The van der Waals surface area contributed by atoms with E-state index in [4.69, 9.17) is 4.74 Å². The zero-order valence-electron chi connectivity index (χ0n) is 13.1. The Bertz CT molecular complexity index is 740. The standard InChI is InChI=1S/C16H18BrN3O3/c1-10-4-5-11(2)14(6-10)23-9-15(21)18-19-16(22)13-7-12(17)8-20(13)3/h4-8H,9H2,1-3H3,(H,18,21)(H,19,22). The minimum absolute atomic E-state index is 0.179. The zero-order chi connectivity index (χ0) is 17.0. The summed E-state index contributed by atoms with van der Waals surface area (Å²) in [5.41, 5.74) is 7.10. The topological polar surface area (TPSA) is 72.4 Å². The van der Waals surface area contributed by atoms with Crippen molar-refractivity contribution >= 4 is 27.7 Å². The molecule has 2 N–H and O–H groups in total. The van der Waals surface area contributed by atoms with Crippen LogP contribution in [0, 0.1) is 13.8 Å². The van der Waals surface area contributed by atoms with Gasteiger partial charge in [0, 0.05) is 17.7 Å². The highest BCUT2D eigenvalue weighted by Crippen LogP contribution is 2.18. The Hall–Kier alpha value is -2.28. The van der Waals surface area contributed by atoms with Crippen molar-refractivity contribution in [2.75, 3.05) is 6.61 Å². The van der Waals surface area contributed by atoms with Crippen molar-refractivity contribution in [1.29, 1.82) is 0 Å². The molecule has 0 bridgehead atoms. The van der Waals surface area contributed by atoms with Gasteiger partial charge in [0.2, 0.25) is 0 Å². The average molecular weight is 380 g/mol.